The van der Waals surface area contributed by atoms with Crippen LogP contribution >= 0.6 is 15.6 Å². The number of aliphatic hydroxyl groups excluding tert-OH is 1. The average molecular weight is 1480 g/mol. The second-order valence-corrected chi connectivity index (χ2v) is 33.9. The summed E-state index contributed by atoms with van der Waals surface area (Å²) in [4.78, 5) is 73.0. The molecule has 0 aliphatic carbocycles. The zero-order chi connectivity index (χ0) is 74.6. The minimum Gasteiger partial charge on any atom is -0.462 e. The first-order valence-electron chi connectivity index (χ1n) is 42.3. The van der Waals surface area contributed by atoms with Crippen molar-refractivity contribution in [3.63, 3.8) is 0 Å². The number of ether oxygens (including phenoxy) is 4. The molecule has 0 aliphatic rings. The van der Waals surface area contributed by atoms with Gasteiger partial charge in [-0.1, -0.05) is 370 Å². The maximum Gasteiger partial charge on any atom is 0.472 e. The predicted octanol–water partition coefficient (Wildman–Crippen LogP) is 24.4. The quantitative estimate of drug-likeness (QED) is 0.0222. The average Bonchev–Trinajstić information content (AvgIpc) is 0.940. The molecule has 0 aromatic heterocycles. The van der Waals surface area contributed by atoms with Crippen molar-refractivity contribution in [2.45, 2.75) is 440 Å². The van der Waals surface area contributed by atoms with E-state index >= 15 is 0 Å². The van der Waals surface area contributed by atoms with E-state index in [9.17, 15) is 43.2 Å². The van der Waals surface area contributed by atoms with Crippen LogP contribution in [0, 0.1) is 23.7 Å². The number of unbranched alkanes of at least 4 members (excludes halogenated alkanes) is 43. The lowest BCUT2D eigenvalue weighted by Gasteiger charge is -2.21. The Hall–Kier alpha value is -1.94. The van der Waals surface area contributed by atoms with Gasteiger partial charge >= 0.3 is 39.5 Å². The van der Waals surface area contributed by atoms with Crippen molar-refractivity contribution in [3.8, 4) is 0 Å². The van der Waals surface area contributed by atoms with Crippen molar-refractivity contribution in [2.24, 2.45) is 23.7 Å². The molecule has 101 heavy (non-hydrogen) atoms. The highest BCUT2D eigenvalue weighted by molar-refractivity contribution is 7.47. The van der Waals surface area contributed by atoms with Crippen LogP contribution in [0.5, 0.6) is 0 Å². The van der Waals surface area contributed by atoms with Crippen molar-refractivity contribution >= 4 is 39.5 Å². The normalized spacial score (nSPS) is 14.5. The second-order valence-electron chi connectivity index (χ2n) is 31.0. The first kappa shape index (κ1) is 99.1. The van der Waals surface area contributed by atoms with Crippen LogP contribution in [0.3, 0.4) is 0 Å². The van der Waals surface area contributed by atoms with E-state index in [0.29, 0.717) is 25.7 Å². The van der Waals surface area contributed by atoms with Crippen molar-refractivity contribution in [1.29, 1.82) is 0 Å². The fraction of sp³-hybridized carbons (Fsp3) is 0.951. The summed E-state index contributed by atoms with van der Waals surface area (Å²) in [6.07, 6.45) is 58.3. The van der Waals surface area contributed by atoms with E-state index in [-0.39, 0.29) is 25.7 Å². The van der Waals surface area contributed by atoms with Crippen molar-refractivity contribution in [3.05, 3.63) is 0 Å². The SMILES string of the molecule is CCC(C)CCCCCCCCCCCCCCCCCCCCC(=O)OC[C@H](COP(=O)(O)OC[C@@H](O)COP(=O)(O)OC[C@@H](COC(=O)CCCCCCCCC(C)CC)OC(=O)CCCCCCCCCCCCCC(C)C)OC(=O)CCCCCCCCCCCCCCC(C)C. The number of esters is 4. The molecule has 0 saturated carbocycles. The molecule has 0 fully saturated rings. The van der Waals surface area contributed by atoms with Gasteiger partial charge in [-0.05, 0) is 49.4 Å². The van der Waals surface area contributed by atoms with E-state index in [1.165, 1.54) is 218 Å². The number of carbonyl (C=O) groups is 4. The zero-order valence-electron chi connectivity index (χ0n) is 66.5. The summed E-state index contributed by atoms with van der Waals surface area (Å²) >= 11 is 0. The van der Waals surface area contributed by atoms with E-state index in [4.69, 9.17) is 37.0 Å². The first-order chi connectivity index (χ1) is 48.7. The maximum absolute atomic E-state index is 13.1. The molecular formula is C82H160O17P2. The Morgan fingerprint density at radius 3 is 0.703 bits per heavy atom. The molecule has 0 bridgehead atoms. The summed E-state index contributed by atoms with van der Waals surface area (Å²) < 4.78 is 68.7. The monoisotopic (exact) mass is 1480 g/mol. The van der Waals surface area contributed by atoms with Crippen LogP contribution in [-0.4, -0.2) is 96.7 Å². The Kier molecular flexibility index (Phi) is 69.6. The molecule has 3 N–H and O–H groups in total. The smallest absolute Gasteiger partial charge is 0.462 e. The molecule has 19 heteroatoms. The van der Waals surface area contributed by atoms with Crippen molar-refractivity contribution < 1.29 is 80.2 Å². The molecule has 0 amide bonds. The van der Waals surface area contributed by atoms with Gasteiger partial charge in [-0.2, -0.15) is 0 Å². The molecule has 0 aromatic carbocycles. The molecule has 0 heterocycles. The van der Waals surface area contributed by atoms with Gasteiger partial charge in [-0.25, -0.2) is 9.13 Å². The Bertz CT molecular complexity index is 1980. The van der Waals surface area contributed by atoms with Gasteiger partial charge in [0.25, 0.3) is 0 Å². The number of hydrogen-bond acceptors (Lipinski definition) is 15. The summed E-state index contributed by atoms with van der Waals surface area (Å²) in [7, 11) is -9.92. The number of rotatable bonds is 79. The number of phosphoric acid groups is 2. The van der Waals surface area contributed by atoms with Crippen LogP contribution in [0.25, 0.3) is 0 Å². The van der Waals surface area contributed by atoms with Gasteiger partial charge in [0.15, 0.2) is 12.2 Å². The molecule has 0 saturated heterocycles. The predicted molar refractivity (Wildman–Crippen MR) is 414 cm³/mol. The van der Waals surface area contributed by atoms with E-state index in [0.717, 1.165) is 120 Å². The number of carbonyl (C=O) groups excluding carboxylic acids is 4. The minimum absolute atomic E-state index is 0.105. The molecule has 4 unspecified atom stereocenters. The molecule has 0 spiro atoms. The fourth-order valence-electron chi connectivity index (χ4n) is 12.5. The summed E-state index contributed by atoms with van der Waals surface area (Å²) in [6.45, 7) is 14.3. The number of phosphoric ester groups is 2. The van der Waals surface area contributed by atoms with Crippen LogP contribution in [0.15, 0.2) is 0 Å². The molecule has 17 nitrogen and oxygen atoms in total. The first-order valence-corrected chi connectivity index (χ1v) is 45.3. The molecular weight excluding hydrogens is 1320 g/mol. The Morgan fingerprint density at radius 2 is 0.475 bits per heavy atom. The molecule has 0 aliphatic heterocycles. The third-order valence-electron chi connectivity index (χ3n) is 19.8. The Labute approximate surface area is 619 Å². The summed E-state index contributed by atoms with van der Waals surface area (Å²) in [5.41, 5.74) is 0. The Balaban J connectivity index is 5.21. The number of hydrogen-bond donors (Lipinski definition) is 3. The lowest BCUT2D eigenvalue weighted by Crippen LogP contribution is -2.30. The molecule has 0 rings (SSSR count). The lowest BCUT2D eigenvalue weighted by atomic mass is 9.99. The van der Waals surface area contributed by atoms with Crippen LogP contribution in [0.1, 0.15) is 421 Å². The lowest BCUT2D eigenvalue weighted by molar-refractivity contribution is -0.161. The zero-order valence-corrected chi connectivity index (χ0v) is 68.3. The summed E-state index contributed by atoms with van der Waals surface area (Å²) in [6, 6.07) is 0. The van der Waals surface area contributed by atoms with Crippen LogP contribution in [0.4, 0.5) is 0 Å². The third-order valence-corrected chi connectivity index (χ3v) is 21.7. The van der Waals surface area contributed by atoms with Gasteiger partial charge < -0.3 is 33.8 Å². The molecule has 0 aromatic rings. The van der Waals surface area contributed by atoms with Crippen LogP contribution in [0.2, 0.25) is 0 Å². The number of aliphatic hydroxyl groups is 1. The fourth-order valence-corrected chi connectivity index (χ4v) is 14.1. The van der Waals surface area contributed by atoms with E-state index in [1.54, 1.807) is 0 Å². The van der Waals surface area contributed by atoms with Gasteiger partial charge in [0.1, 0.15) is 19.3 Å². The Morgan fingerprint density at radius 1 is 0.277 bits per heavy atom. The second kappa shape index (κ2) is 71.0. The molecule has 600 valence electrons. The van der Waals surface area contributed by atoms with Gasteiger partial charge in [0.05, 0.1) is 26.4 Å². The van der Waals surface area contributed by atoms with Gasteiger partial charge in [-0.3, -0.25) is 37.3 Å². The van der Waals surface area contributed by atoms with Crippen LogP contribution < -0.4 is 0 Å². The summed E-state index contributed by atoms with van der Waals surface area (Å²) in [5, 5.41) is 10.6. The minimum atomic E-state index is -4.96. The summed E-state index contributed by atoms with van der Waals surface area (Å²) in [5.74, 6) is 1.03. The molecule has 0 radical (unpaired) electrons. The largest absolute Gasteiger partial charge is 0.472 e. The van der Waals surface area contributed by atoms with Crippen molar-refractivity contribution in [1.82, 2.24) is 0 Å². The standard InChI is InChI=1S/C82H160O17P2/c1-9-74(7)60-52-44-36-30-24-17-15-13-11-12-14-16-18-25-31-37-46-54-62-79(84)92-68-77(98-81(86)64-56-48-38-32-26-20-19-22-28-34-42-50-58-72(3)4)70-96-100(88,89)94-66-76(83)67-95-101(90,91)97-71-78(69-93-80(85)63-55-47-41-40-45-53-61-75(8)10-2)99-82(87)65-57-49-39-33-27-21-23-29-35-43-51-59-73(5)6/h72-78,83H,9-71H2,1-8H3,(H,88,89)(H,90,91)/t74?,75?,76-,77-,78-/m1/s1. The highest BCUT2D eigenvalue weighted by Crippen LogP contribution is 2.45. The highest BCUT2D eigenvalue weighted by atomic mass is 31.2. The third kappa shape index (κ3) is 73.4. The highest BCUT2D eigenvalue weighted by Gasteiger charge is 2.30. The van der Waals surface area contributed by atoms with Gasteiger partial charge in [0.2, 0.25) is 0 Å². The molecule has 7 atom stereocenters. The van der Waals surface area contributed by atoms with E-state index in [1.807, 2.05) is 0 Å². The van der Waals surface area contributed by atoms with Crippen LogP contribution in [-0.2, 0) is 65.4 Å². The van der Waals surface area contributed by atoms with Gasteiger partial charge in [0, 0.05) is 25.7 Å². The topological polar surface area (TPSA) is 237 Å². The van der Waals surface area contributed by atoms with E-state index in [2.05, 4.69) is 55.4 Å². The van der Waals surface area contributed by atoms with Crippen molar-refractivity contribution in [2.75, 3.05) is 39.6 Å². The maximum atomic E-state index is 13.1. The van der Waals surface area contributed by atoms with Gasteiger partial charge in [-0.15, -0.1) is 0 Å². The van der Waals surface area contributed by atoms with E-state index < -0.39 is 97.5 Å².